The van der Waals surface area contributed by atoms with E-state index in [1.54, 1.807) is 6.20 Å². The fourth-order valence-electron chi connectivity index (χ4n) is 3.56. The summed E-state index contributed by atoms with van der Waals surface area (Å²) in [6, 6.07) is 3.71. The summed E-state index contributed by atoms with van der Waals surface area (Å²) in [7, 11) is 0. The maximum atomic E-state index is 12.4. The minimum Gasteiger partial charge on any atom is -0.379 e. The number of nitrogens with one attached hydrogen (secondary N) is 1. The molecule has 6 heteroatoms. The Bertz CT molecular complexity index is 501. The van der Waals surface area contributed by atoms with E-state index in [-0.39, 0.29) is 11.4 Å². The molecule has 6 nitrogen and oxygen atoms in total. The standard InChI is InChI=1S/C17H28N4O2/c1-17(2,21-10-12-23-13-11-21)14-19-6-8-20(9-7-19)16(22)15-4-3-5-18-15/h3-5,18H,6-14H2,1-2H3. The molecule has 128 valence electrons. The third kappa shape index (κ3) is 3.94. The van der Waals surface area contributed by atoms with Crippen LogP contribution in [-0.4, -0.2) is 90.2 Å². The normalized spacial score (nSPS) is 21.6. The van der Waals surface area contributed by atoms with Crippen LogP contribution in [0.3, 0.4) is 0 Å². The summed E-state index contributed by atoms with van der Waals surface area (Å²) in [5.74, 6) is 0.113. The minimum absolute atomic E-state index is 0.113. The summed E-state index contributed by atoms with van der Waals surface area (Å²) in [5.41, 5.74) is 0.835. The highest BCUT2D eigenvalue weighted by atomic mass is 16.5. The van der Waals surface area contributed by atoms with Gasteiger partial charge in [-0.25, -0.2) is 0 Å². The van der Waals surface area contributed by atoms with Crippen molar-refractivity contribution in [1.82, 2.24) is 19.7 Å². The van der Waals surface area contributed by atoms with Gasteiger partial charge in [-0.05, 0) is 26.0 Å². The summed E-state index contributed by atoms with van der Waals surface area (Å²) in [6.45, 7) is 12.9. The molecule has 0 atom stereocenters. The number of piperazine rings is 1. The van der Waals surface area contributed by atoms with Gasteiger partial charge in [0.25, 0.3) is 5.91 Å². The number of nitrogens with zero attached hydrogens (tertiary/aromatic N) is 3. The van der Waals surface area contributed by atoms with Crippen LogP contribution in [-0.2, 0) is 4.74 Å². The van der Waals surface area contributed by atoms with Crippen molar-refractivity contribution in [3.05, 3.63) is 24.0 Å². The molecule has 1 aromatic heterocycles. The lowest BCUT2D eigenvalue weighted by Gasteiger charge is -2.45. The summed E-state index contributed by atoms with van der Waals surface area (Å²) >= 11 is 0. The monoisotopic (exact) mass is 320 g/mol. The first-order valence-electron chi connectivity index (χ1n) is 8.54. The number of amides is 1. The second-order valence-electron chi connectivity index (χ2n) is 7.06. The van der Waals surface area contributed by atoms with Crippen molar-refractivity contribution in [3.63, 3.8) is 0 Å². The molecule has 0 aromatic carbocycles. The van der Waals surface area contributed by atoms with E-state index in [4.69, 9.17) is 4.74 Å². The highest BCUT2D eigenvalue weighted by Crippen LogP contribution is 2.19. The SMILES string of the molecule is CC(C)(CN1CCN(C(=O)c2ccc[nH]2)CC1)N1CCOCC1. The minimum atomic E-state index is 0.113. The van der Waals surface area contributed by atoms with E-state index >= 15 is 0 Å². The molecule has 0 spiro atoms. The maximum absolute atomic E-state index is 12.4. The molecule has 0 aliphatic carbocycles. The molecule has 0 saturated carbocycles. The van der Waals surface area contributed by atoms with Gasteiger partial charge in [-0.3, -0.25) is 14.6 Å². The number of morpholine rings is 1. The van der Waals surface area contributed by atoms with Crippen molar-refractivity contribution >= 4 is 5.91 Å². The topological polar surface area (TPSA) is 51.8 Å². The van der Waals surface area contributed by atoms with Crippen molar-refractivity contribution in [2.45, 2.75) is 19.4 Å². The van der Waals surface area contributed by atoms with Crippen molar-refractivity contribution in [2.75, 3.05) is 59.0 Å². The Morgan fingerprint density at radius 3 is 2.48 bits per heavy atom. The van der Waals surface area contributed by atoms with E-state index in [1.165, 1.54) is 0 Å². The van der Waals surface area contributed by atoms with Gasteiger partial charge in [-0.2, -0.15) is 0 Å². The summed E-state index contributed by atoms with van der Waals surface area (Å²) in [6.07, 6.45) is 1.80. The first-order chi connectivity index (χ1) is 11.1. The zero-order valence-corrected chi connectivity index (χ0v) is 14.3. The summed E-state index contributed by atoms with van der Waals surface area (Å²) < 4.78 is 5.46. The van der Waals surface area contributed by atoms with Crippen LogP contribution in [0.2, 0.25) is 0 Å². The highest BCUT2D eigenvalue weighted by molar-refractivity contribution is 5.92. The molecule has 1 aromatic rings. The second-order valence-corrected chi connectivity index (χ2v) is 7.06. The van der Waals surface area contributed by atoms with Gasteiger partial charge >= 0.3 is 0 Å². The molecule has 0 radical (unpaired) electrons. The van der Waals surface area contributed by atoms with Crippen LogP contribution in [0.15, 0.2) is 18.3 Å². The van der Waals surface area contributed by atoms with E-state index in [0.717, 1.165) is 59.0 Å². The quantitative estimate of drug-likeness (QED) is 0.895. The Balaban J connectivity index is 1.49. The van der Waals surface area contributed by atoms with Gasteiger partial charge in [-0.1, -0.05) is 0 Å². The number of ether oxygens (including phenoxy) is 1. The van der Waals surface area contributed by atoms with Crippen LogP contribution in [0, 0.1) is 0 Å². The van der Waals surface area contributed by atoms with E-state index in [2.05, 4.69) is 28.6 Å². The predicted molar refractivity (Wildman–Crippen MR) is 89.6 cm³/mol. The van der Waals surface area contributed by atoms with E-state index in [9.17, 15) is 4.79 Å². The number of rotatable bonds is 4. The van der Waals surface area contributed by atoms with Gasteiger partial charge in [0.05, 0.1) is 13.2 Å². The van der Waals surface area contributed by atoms with Gasteiger partial charge in [-0.15, -0.1) is 0 Å². The van der Waals surface area contributed by atoms with E-state index < -0.39 is 0 Å². The van der Waals surface area contributed by atoms with E-state index in [1.807, 2.05) is 17.0 Å². The molecule has 1 amide bonds. The Kier molecular flexibility index (Phi) is 5.04. The Labute approximate surface area is 138 Å². The van der Waals surface area contributed by atoms with Gasteiger partial charge in [0.1, 0.15) is 5.69 Å². The van der Waals surface area contributed by atoms with Crippen LogP contribution >= 0.6 is 0 Å². The molecule has 2 aliphatic heterocycles. The number of aromatic amines is 1. The first-order valence-corrected chi connectivity index (χ1v) is 8.54. The lowest BCUT2D eigenvalue weighted by molar-refractivity contribution is -0.0256. The average molecular weight is 320 g/mol. The number of hydrogen-bond donors (Lipinski definition) is 1. The number of hydrogen-bond acceptors (Lipinski definition) is 4. The predicted octanol–water partition coefficient (Wildman–Crippen LogP) is 0.883. The van der Waals surface area contributed by atoms with Gasteiger partial charge in [0.15, 0.2) is 0 Å². The Morgan fingerprint density at radius 1 is 1.17 bits per heavy atom. The number of H-pyrrole nitrogens is 1. The van der Waals surface area contributed by atoms with Gasteiger partial charge in [0, 0.05) is 57.5 Å². The van der Waals surface area contributed by atoms with Crippen LogP contribution in [0.1, 0.15) is 24.3 Å². The molecule has 2 saturated heterocycles. The lowest BCUT2D eigenvalue weighted by atomic mass is 10.0. The molecule has 0 bridgehead atoms. The van der Waals surface area contributed by atoms with E-state index in [0.29, 0.717) is 5.69 Å². The smallest absolute Gasteiger partial charge is 0.270 e. The Hall–Kier alpha value is -1.37. The molecule has 3 heterocycles. The number of aromatic nitrogens is 1. The maximum Gasteiger partial charge on any atom is 0.270 e. The molecule has 23 heavy (non-hydrogen) atoms. The fourth-order valence-corrected chi connectivity index (χ4v) is 3.56. The van der Waals surface area contributed by atoms with Crippen molar-refractivity contribution < 1.29 is 9.53 Å². The van der Waals surface area contributed by atoms with Crippen LogP contribution < -0.4 is 0 Å². The molecule has 2 fully saturated rings. The fraction of sp³-hybridized carbons (Fsp3) is 0.706. The first kappa shape index (κ1) is 16.5. The summed E-state index contributed by atoms with van der Waals surface area (Å²) in [4.78, 5) is 22.3. The average Bonchev–Trinajstić information content (AvgIpc) is 3.10. The second kappa shape index (κ2) is 7.03. The zero-order valence-electron chi connectivity index (χ0n) is 14.3. The molecular weight excluding hydrogens is 292 g/mol. The zero-order chi connectivity index (χ0) is 16.3. The molecule has 2 aliphatic rings. The molecule has 0 unspecified atom stereocenters. The van der Waals surface area contributed by atoms with Crippen LogP contribution in [0.5, 0.6) is 0 Å². The number of carbonyl (C=O) groups is 1. The van der Waals surface area contributed by atoms with Gasteiger partial charge in [0.2, 0.25) is 0 Å². The van der Waals surface area contributed by atoms with Crippen LogP contribution in [0.4, 0.5) is 0 Å². The summed E-state index contributed by atoms with van der Waals surface area (Å²) in [5, 5.41) is 0. The highest BCUT2D eigenvalue weighted by Gasteiger charge is 2.32. The molecular formula is C17H28N4O2. The molecule has 1 N–H and O–H groups in total. The Morgan fingerprint density at radius 2 is 1.87 bits per heavy atom. The lowest BCUT2D eigenvalue weighted by Crippen LogP contribution is -2.58. The van der Waals surface area contributed by atoms with Crippen LogP contribution in [0.25, 0.3) is 0 Å². The molecule has 3 rings (SSSR count). The van der Waals surface area contributed by atoms with Gasteiger partial charge < -0.3 is 14.6 Å². The van der Waals surface area contributed by atoms with Crippen molar-refractivity contribution in [2.24, 2.45) is 0 Å². The van der Waals surface area contributed by atoms with Crippen molar-refractivity contribution in [3.8, 4) is 0 Å². The third-order valence-corrected chi connectivity index (χ3v) is 4.97. The van der Waals surface area contributed by atoms with Crippen molar-refractivity contribution in [1.29, 1.82) is 0 Å². The third-order valence-electron chi connectivity index (χ3n) is 4.97. The largest absolute Gasteiger partial charge is 0.379 e. The number of carbonyl (C=O) groups excluding carboxylic acids is 1.